The van der Waals surface area contributed by atoms with Gasteiger partial charge in [0, 0.05) is 25.6 Å². The highest BCUT2D eigenvalue weighted by Gasteiger charge is 2.31. The molecule has 3 nitrogen and oxygen atoms in total. The summed E-state index contributed by atoms with van der Waals surface area (Å²) in [5.74, 6) is 0.291. The molecule has 0 radical (unpaired) electrons. The van der Waals surface area contributed by atoms with Crippen molar-refractivity contribution in [1.29, 1.82) is 0 Å². The zero-order valence-electron chi connectivity index (χ0n) is 9.74. The highest BCUT2D eigenvalue weighted by Crippen LogP contribution is 2.27. The molecule has 0 unspecified atom stereocenters. The first-order valence-electron chi connectivity index (χ1n) is 6.20. The largest absolute Gasteiger partial charge is 0.396 e. The lowest BCUT2D eigenvalue weighted by atomic mass is 10.2. The standard InChI is InChI=1S/C12H23NO2/c1-2-3-9-13(11-7-8-11)12(15)6-4-5-10-14/h11,14H,2-10H2,1H3. The van der Waals surface area contributed by atoms with Gasteiger partial charge in [-0.3, -0.25) is 4.79 Å². The molecular formula is C12H23NO2. The van der Waals surface area contributed by atoms with E-state index in [1.807, 2.05) is 0 Å². The number of unbranched alkanes of at least 4 members (excludes halogenated alkanes) is 2. The summed E-state index contributed by atoms with van der Waals surface area (Å²) < 4.78 is 0. The van der Waals surface area contributed by atoms with Crippen LogP contribution in [-0.4, -0.2) is 35.1 Å². The number of hydrogen-bond acceptors (Lipinski definition) is 2. The van der Waals surface area contributed by atoms with Gasteiger partial charge >= 0.3 is 0 Å². The van der Waals surface area contributed by atoms with Crippen LogP contribution in [0.2, 0.25) is 0 Å². The minimum absolute atomic E-state index is 0.200. The van der Waals surface area contributed by atoms with Crippen molar-refractivity contribution in [3.8, 4) is 0 Å². The number of aliphatic hydroxyl groups is 1. The van der Waals surface area contributed by atoms with Crippen LogP contribution in [-0.2, 0) is 4.79 Å². The van der Waals surface area contributed by atoms with Crippen LogP contribution in [0.1, 0.15) is 51.9 Å². The Morgan fingerprint density at radius 1 is 1.33 bits per heavy atom. The molecule has 1 aliphatic rings. The van der Waals surface area contributed by atoms with Gasteiger partial charge in [0.25, 0.3) is 0 Å². The van der Waals surface area contributed by atoms with Gasteiger partial charge in [0.1, 0.15) is 0 Å². The van der Waals surface area contributed by atoms with Gasteiger partial charge in [0.05, 0.1) is 0 Å². The van der Waals surface area contributed by atoms with Crippen LogP contribution < -0.4 is 0 Å². The fourth-order valence-electron chi connectivity index (χ4n) is 1.76. The summed E-state index contributed by atoms with van der Waals surface area (Å²) in [5.41, 5.74) is 0. The fourth-order valence-corrected chi connectivity index (χ4v) is 1.76. The molecule has 0 bridgehead atoms. The molecule has 0 aromatic heterocycles. The third-order valence-electron chi connectivity index (χ3n) is 2.86. The maximum absolute atomic E-state index is 11.8. The quantitative estimate of drug-likeness (QED) is 0.626. The Morgan fingerprint density at radius 3 is 2.60 bits per heavy atom. The second-order valence-electron chi connectivity index (χ2n) is 4.35. The van der Waals surface area contributed by atoms with Crippen molar-refractivity contribution in [2.24, 2.45) is 0 Å². The van der Waals surface area contributed by atoms with Gasteiger partial charge < -0.3 is 10.0 Å². The van der Waals surface area contributed by atoms with Crippen LogP contribution in [0.25, 0.3) is 0 Å². The van der Waals surface area contributed by atoms with E-state index in [1.165, 1.54) is 12.8 Å². The van der Waals surface area contributed by atoms with Gasteiger partial charge in [-0.05, 0) is 32.1 Å². The summed E-state index contributed by atoms with van der Waals surface area (Å²) in [6, 6.07) is 0.540. The van der Waals surface area contributed by atoms with Crippen molar-refractivity contribution >= 4 is 5.91 Å². The summed E-state index contributed by atoms with van der Waals surface area (Å²) in [5, 5.41) is 8.66. The van der Waals surface area contributed by atoms with Crippen molar-refractivity contribution in [2.75, 3.05) is 13.2 Å². The summed E-state index contributed by atoms with van der Waals surface area (Å²) in [6.07, 6.45) is 6.82. The zero-order valence-corrected chi connectivity index (χ0v) is 9.74. The second kappa shape index (κ2) is 6.83. The molecule has 0 aliphatic heterocycles. The molecule has 3 heteroatoms. The van der Waals surface area contributed by atoms with Crippen molar-refractivity contribution < 1.29 is 9.90 Å². The molecule has 1 aliphatic carbocycles. The molecule has 1 fully saturated rings. The average molecular weight is 213 g/mol. The maximum atomic E-state index is 11.8. The van der Waals surface area contributed by atoms with Crippen molar-refractivity contribution in [1.82, 2.24) is 4.90 Å². The highest BCUT2D eigenvalue weighted by molar-refractivity contribution is 5.76. The molecule has 88 valence electrons. The van der Waals surface area contributed by atoms with Crippen molar-refractivity contribution in [2.45, 2.75) is 57.9 Å². The van der Waals surface area contributed by atoms with E-state index in [0.29, 0.717) is 18.4 Å². The number of amides is 1. The van der Waals surface area contributed by atoms with Gasteiger partial charge in [0.2, 0.25) is 5.91 Å². The minimum atomic E-state index is 0.200. The van der Waals surface area contributed by atoms with Crippen LogP contribution in [0.3, 0.4) is 0 Å². The molecular weight excluding hydrogens is 190 g/mol. The molecule has 0 atom stereocenters. The Morgan fingerprint density at radius 2 is 2.07 bits per heavy atom. The van der Waals surface area contributed by atoms with Gasteiger partial charge in [-0.25, -0.2) is 0 Å². The van der Waals surface area contributed by atoms with E-state index >= 15 is 0 Å². The number of hydrogen-bond donors (Lipinski definition) is 1. The van der Waals surface area contributed by atoms with Crippen molar-refractivity contribution in [3.05, 3.63) is 0 Å². The molecule has 15 heavy (non-hydrogen) atoms. The molecule has 1 N–H and O–H groups in total. The number of carbonyl (C=O) groups is 1. The van der Waals surface area contributed by atoms with Crippen LogP contribution >= 0.6 is 0 Å². The molecule has 0 saturated heterocycles. The third-order valence-corrected chi connectivity index (χ3v) is 2.86. The molecule has 1 rings (SSSR count). The first-order valence-corrected chi connectivity index (χ1v) is 6.20. The molecule has 0 heterocycles. The number of aliphatic hydroxyl groups excluding tert-OH is 1. The van der Waals surface area contributed by atoms with E-state index in [1.54, 1.807) is 0 Å². The molecule has 0 spiro atoms. The summed E-state index contributed by atoms with van der Waals surface area (Å²) in [4.78, 5) is 13.9. The van der Waals surface area contributed by atoms with Crippen LogP contribution in [0.15, 0.2) is 0 Å². The van der Waals surface area contributed by atoms with Gasteiger partial charge in [-0.1, -0.05) is 13.3 Å². The monoisotopic (exact) mass is 213 g/mol. The third kappa shape index (κ3) is 4.65. The lowest BCUT2D eigenvalue weighted by molar-refractivity contribution is -0.132. The zero-order chi connectivity index (χ0) is 11.1. The summed E-state index contributed by atoms with van der Waals surface area (Å²) in [7, 11) is 0. The summed E-state index contributed by atoms with van der Waals surface area (Å²) >= 11 is 0. The molecule has 0 aromatic rings. The number of rotatable bonds is 8. The first-order chi connectivity index (χ1) is 7.29. The topological polar surface area (TPSA) is 40.5 Å². The predicted octanol–water partition coefficient (Wildman–Crippen LogP) is 1.94. The number of nitrogens with zero attached hydrogens (tertiary/aromatic N) is 1. The predicted molar refractivity (Wildman–Crippen MR) is 60.6 cm³/mol. The highest BCUT2D eigenvalue weighted by atomic mass is 16.3. The van der Waals surface area contributed by atoms with Gasteiger partial charge in [-0.15, -0.1) is 0 Å². The Kier molecular flexibility index (Phi) is 5.69. The van der Waals surface area contributed by atoms with Crippen LogP contribution in [0.5, 0.6) is 0 Å². The molecule has 1 saturated carbocycles. The van der Waals surface area contributed by atoms with E-state index in [0.717, 1.165) is 32.2 Å². The molecule has 0 aromatic carbocycles. The molecule has 1 amide bonds. The van der Waals surface area contributed by atoms with E-state index in [-0.39, 0.29) is 6.61 Å². The SMILES string of the molecule is CCCCN(C(=O)CCCCO)C1CC1. The van der Waals surface area contributed by atoms with E-state index < -0.39 is 0 Å². The van der Waals surface area contributed by atoms with E-state index in [2.05, 4.69) is 11.8 Å². The van der Waals surface area contributed by atoms with Gasteiger partial charge in [-0.2, -0.15) is 0 Å². The van der Waals surface area contributed by atoms with Crippen LogP contribution in [0.4, 0.5) is 0 Å². The normalized spacial score (nSPS) is 15.3. The smallest absolute Gasteiger partial charge is 0.222 e. The maximum Gasteiger partial charge on any atom is 0.222 e. The lowest BCUT2D eigenvalue weighted by Crippen LogP contribution is -2.33. The lowest BCUT2D eigenvalue weighted by Gasteiger charge is -2.22. The van der Waals surface area contributed by atoms with E-state index in [9.17, 15) is 4.79 Å². The second-order valence-corrected chi connectivity index (χ2v) is 4.35. The average Bonchev–Trinajstić information content (AvgIpc) is 3.03. The number of carbonyl (C=O) groups excluding carboxylic acids is 1. The Labute approximate surface area is 92.5 Å². The van der Waals surface area contributed by atoms with Crippen molar-refractivity contribution in [3.63, 3.8) is 0 Å². The summed E-state index contributed by atoms with van der Waals surface area (Å²) in [6.45, 7) is 3.28. The Bertz CT molecular complexity index is 190. The van der Waals surface area contributed by atoms with Crippen LogP contribution in [0, 0.1) is 0 Å². The minimum Gasteiger partial charge on any atom is -0.396 e. The van der Waals surface area contributed by atoms with E-state index in [4.69, 9.17) is 5.11 Å². The Balaban J connectivity index is 2.24. The first kappa shape index (κ1) is 12.5. The van der Waals surface area contributed by atoms with Gasteiger partial charge in [0.15, 0.2) is 0 Å². The fraction of sp³-hybridized carbons (Fsp3) is 0.917. The Hall–Kier alpha value is -0.570.